The topological polar surface area (TPSA) is 38.3 Å². The summed E-state index contributed by atoms with van der Waals surface area (Å²) in [6, 6.07) is 16.1. The minimum atomic E-state index is -0.256. The number of hydrogen-bond acceptors (Lipinski definition) is 3. The Kier molecular flexibility index (Phi) is 4.24. The van der Waals surface area contributed by atoms with Crippen molar-refractivity contribution in [3.8, 4) is 5.75 Å². The van der Waals surface area contributed by atoms with E-state index < -0.39 is 0 Å². The Morgan fingerprint density at radius 1 is 1.16 bits per heavy atom. The molecule has 0 saturated carbocycles. The van der Waals surface area contributed by atoms with E-state index in [2.05, 4.69) is 5.32 Å². The van der Waals surface area contributed by atoms with Crippen LogP contribution in [0, 0.1) is 5.82 Å². The van der Waals surface area contributed by atoms with E-state index in [-0.39, 0.29) is 17.6 Å². The summed E-state index contributed by atoms with van der Waals surface area (Å²) in [5.41, 5.74) is 2.88. The van der Waals surface area contributed by atoms with Crippen LogP contribution in [0.25, 0.3) is 0 Å². The van der Waals surface area contributed by atoms with Crippen LogP contribution in [0.1, 0.15) is 28.3 Å². The highest BCUT2D eigenvalue weighted by Crippen LogP contribution is 2.41. The zero-order valence-corrected chi connectivity index (χ0v) is 14.2. The van der Waals surface area contributed by atoms with E-state index in [1.807, 2.05) is 35.7 Å². The fraction of sp³-hybridized carbons (Fsp3) is 0.150. The maximum absolute atomic E-state index is 13.0. The van der Waals surface area contributed by atoms with Crippen molar-refractivity contribution in [1.29, 1.82) is 0 Å². The van der Waals surface area contributed by atoms with Crippen molar-refractivity contribution in [3.05, 3.63) is 81.8 Å². The Morgan fingerprint density at radius 3 is 2.84 bits per heavy atom. The lowest BCUT2D eigenvalue weighted by atomic mass is 9.90. The van der Waals surface area contributed by atoms with Crippen LogP contribution in [-0.4, -0.2) is 5.91 Å². The molecule has 1 aliphatic rings. The summed E-state index contributed by atoms with van der Waals surface area (Å²) in [5, 5.41) is 4.91. The lowest BCUT2D eigenvalue weighted by Gasteiger charge is -2.23. The number of carbonyl (C=O) groups excluding carboxylic acids is 1. The first-order valence-corrected chi connectivity index (χ1v) is 8.91. The third-order valence-corrected chi connectivity index (χ3v) is 5.29. The molecule has 1 N–H and O–H groups in total. The minimum absolute atomic E-state index is 0.0357. The number of rotatable bonds is 4. The average Bonchev–Trinajstić information content (AvgIpc) is 3.09. The van der Waals surface area contributed by atoms with Gasteiger partial charge in [-0.3, -0.25) is 4.79 Å². The van der Waals surface area contributed by atoms with Crippen molar-refractivity contribution in [2.45, 2.75) is 18.9 Å². The van der Waals surface area contributed by atoms with Gasteiger partial charge in [0.05, 0.1) is 5.69 Å². The molecule has 4 rings (SSSR count). The summed E-state index contributed by atoms with van der Waals surface area (Å²) in [5.74, 6) is 0.575. The molecule has 1 amide bonds. The molecule has 0 unspecified atom stereocenters. The summed E-state index contributed by atoms with van der Waals surface area (Å²) in [4.78, 5) is 13.1. The average molecular weight is 353 g/mol. The van der Waals surface area contributed by atoms with Crippen molar-refractivity contribution in [2.24, 2.45) is 0 Å². The molecule has 126 valence electrons. The van der Waals surface area contributed by atoms with Gasteiger partial charge in [-0.2, -0.15) is 0 Å². The molecular formula is C20H16FNO2S. The van der Waals surface area contributed by atoms with Crippen LogP contribution in [0.4, 0.5) is 10.1 Å². The van der Waals surface area contributed by atoms with E-state index >= 15 is 0 Å². The maximum atomic E-state index is 13.0. The molecule has 2 aromatic carbocycles. The second kappa shape index (κ2) is 6.69. The summed E-state index contributed by atoms with van der Waals surface area (Å²) in [7, 11) is 0. The number of carbonyl (C=O) groups is 1. The van der Waals surface area contributed by atoms with Crippen LogP contribution >= 0.6 is 11.3 Å². The van der Waals surface area contributed by atoms with Gasteiger partial charge in [-0.05, 0) is 46.8 Å². The van der Waals surface area contributed by atoms with Crippen molar-refractivity contribution < 1.29 is 13.9 Å². The van der Waals surface area contributed by atoms with E-state index in [1.54, 1.807) is 23.5 Å². The summed E-state index contributed by atoms with van der Waals surface area (Å²) >= 11 is 1.66. The Balaban J connectivity index is 1.54. The number of halogens is 1. The summed E-state index contributed by atoms with van der Waals surface area (Å²) < 4.78 is 18.8. The number of ether oxygens (including phenoxy) is 1. The predicted octanol–water partition coefficient (Wildman–Crippen LogP) is 4.94. The Hall–Kier alpha value is -2.66. The van der Waals surface area contributed by atoms with Gasteiger partial charge in [0.15, 0.2) is 0 Å². The highest BCUT2D eigenvalue weighted by Gasteiger charge is 2.27. The SMILES string of the molecule is O=C1C[C@@H](c2cccc(OCc3ccc(F)cc3)c2)c2sccc2N1. The van der Waals surface area contributed by atoms with E-state index in [9.17, 15) is 9.18 Å². The third-order valence-electron chi connectivity index (χ3n) is 4.25. The lowest BCUT2D eigenvalue weighted by Crippen LogP contribution is -2.21. The molecule has 3 nitrogen and oxygen atoms in total. The van der Waals surface area contributed by atoms with Crippen molar-refractivity contribution >= 4 is 22.9 Å². The zero-order chi connectivity index (χ0) is 17.2. The molecule has 1 atom stereocenters. The van der Waals surface area contributed by atoms with Crippen LogP contribution in [0.3, 0.4) is 0 Å². The molecule has 3 aromatic rings. The van der Waals surface area contributed by atoms with Crippen LogP contribution < -0.4 is 10.1 Å². The van der Waals surface area contributed by atoms with Crippen molar-refractivity contribution in [1.82, 2.24) is 0 Å². The molecule has 0 fully saturated rings. The first kappa shape index (κ1) is 15.8. The lowest BCUT2D eigenvalue weighted by molar-refractivity contribution is -0.116. The number of benzene rings is 2. The van der Waals surface area contributed by atoms with Gasteiger partial charge in [0.2, 0.25) is 5.91 Å². The van der Waals surface area contributed by atoms with Gasteiger partial charge < -0.3 is 10.1 Å². The molecule has 5 heteroatoms. The molecule has 25 heavy (non-hydrogen) atoms. The fourth-order valence-electron chi connectivity index (χ4n) is 3.01. The smallest absolute Gasteiger partial charge is 0.225 e. The van der Waals surface area contributed by atoms with Gasteiger partial charge in [0.25, 0.3) is 0 Å². The van der Waals surface area contributed by atoms with Crippen LogP contribution in [-0.2, 0) is 11.4 Å². The van der Waals surface area contributed by atoms with Gasteiger partial charge in [0.1, 0.15) is 18.2 Å². The largest absolute Gasteiger partial charge is 0.489 e. The van der Waals surface area contributed by atoms with Gasteiger partial charge in [-0.15, -0.1) is 11.3 Å². The zero-order valence-electron chi connectivity index (χ0n) is 13.4. The number of anilines is 1. The number of fused-ring (bicyclic) bond motifs is 1. The summed E-state index contributed by atoms with van der Waals surface area (Å²) in [6.45, 7) is 0.374. The molecule has 2 heterocycles. The van der Waals surface area contributed by atoms with E-state index in [0.29, 0.717) is 13.0 Å². The molecule has 0 bridgehead atoms. The number of hydrogen-bond donors (Lipinski definition) is 1. The number of amides is 1. The standard InChI is InChI=1S/C20H16FNO2S/c21-15-6-4-13(5-7-15)12-24-16-3-1-2-14(10-16)17-11-19(23)22-18-8-9-25-20(17)18/h1-10,17H,11-12H2,(H,22,23)/t17-/m0/s1. The first-order valence-electron chi connectivity index (χ1n) is 8.03. The van der Waals surface area contributed by atoms with Crippen LogP contribution in [0.15, 0.2) is 60.0 Å². The second-order valence-electron chi connectivity index (χ2n) is 5.99. The first-order chi connectivity index (χ1) is 12.2. The molecule has 1 aliphatic heterocycles. The second-order valence-corrected chi connectivity index (χ2v) is 6.94. The molecule has 1 aromatic heterocycles. The summed E-state index contributed by atoms with van der Waals surface area (Å²) in [6.07, 6.45) is 0.439. The van der Waals surface area contributed by atoms with Crippen molar-refractivity contribution in [3.63, 3.8) is 0 Å². The van der Waals surface area contributed by atoms with Gasteiger partial charge >= 0.3 is 0 Å². The van der Waals surface area contributed by atoms with E-state index in [1.165, 1.54) is 17.0 Å². The monoisotopic (exact) mass is 353 g/mol. The highest BCUT2D eigenvalue weighted by molar-refractivity contribution is 7.10. The number of nitrogens with one attached hydrogen (secondary N) is 1. The van der Waals surface area contributed by atoms with Crippen LogP contribution in [0.2, 0.25) is 0 Å². The Bertz CT molecular complexity index is 904. The normalized spacial score (nSPS) is 16.2. The quantitative estimate of drug-likeness (QED) is 0.721. The highest BCUT2D eigenvalue weighted by atomic mass is 32.1. The molecule has 0 saturated heterocycles. The fourth-order valence-corrected chi connectivity index (χ4v) is 3.99. The third kappa shape index (κ3) is 3.42. The van der Waals surface area contributed by atoms with Gasteiger partial charge in [-0.1, -0.05) is 24.3 Å². The minimum Gasteiger partial charge on any atom is -0.489 e. The van der Waals surface area contributed by atoms with E-state index in [4.69, 9.17) is 4.74 Å². The number of thiophene rings is 1. The van der Waals surface area contributed by atoms with Gasteiger partial charge in [-0.25, -0.2) is 4.39 Å². The van der Waals surface area contributed by atoms with Crippen LogP contribution in [0.5, 0.6) is 5.75 Å². The van der Waals surface area contributed by atoms with Crippen molar-refractivity contribution in [2.75, 3.05) is 5.32 Å². The Morgan fingerprint density at radius 2 is 2.00 bits per heavy atom. The molecular weight excluding hydrogens is 337 g/mol. The maximum Gasteiger partial charge on any atom is 0.225 e. The van der Waals surface area contributed by atoms with Gasteiger partial charge in [0, 0.05) is 17.2 Å². The Labute approximate surface area is 149 Å². The molecule has 0 aliphatic carbocycles. The molecule has 0 radical (unpaired) electrons. The van der Waals surface area contributed by atoms with E-state index in [0.717, 1.165) is 22.6 Å². The molecule has 0 spiro atoms. The predicted molar refractivity (Wildman–Crippen MR) is 96.6 cm³/mol.